The Bertz CT molecular complexity index is 1050. The van der Waals surface area contributed by atoms with Crippen molar-refractivity contribution in [2.75, 3.05) is 7.05 Å². The molecule has 0 radical (unpaired) electrons. The van der Waals surface area contributed by atoms with Crippen LogP contribution in [0.5, 0.6) is 11.5 Å². The van der Waals surface area contributed by atoms with E-state index in [1.807, 2.05) is 38.2 Å². The van der Waals surface area contributed by atoms with Crippen molar-refractivity contribution in [2.24, 2.45) is 0 Å². The SMILES string of the molecule is Cc1ccc(/C=C2\Oc3c(ccc(O)c3C[NH+](C)Cc3ccccc3)C2=O)o1. The Kier molecular flexibility index (Phi) is 4.75. The van der Waals surface area contributed by atoms with Gasteiger partial charge in [0.2, 0.25) is 5.78 Å². The number of ketones is 1. The molecule has 3 aromatic rings. The number of rotatable bonds is 5. The lowest BCUT2D eigenvalue weighted by molar-refractivity contribution is -0.907. The number of aromatic hydroxyl groups is 1. The van der Waals surface area contributed by atoms with Gasteiger partial charge in [-0.15, -0.1) is 0 Å². The van der Waals surface area contributed by atoms with Crippen LogP contribution < -0.4 is 9.64 Å². The fraction of sp³-hybridized carbons (Fsp3) is 0.174. The lowest BCUT2D eigenvalue weighted by atomic mass is 10.0. The van der Waals surface area contributed by atoms with Crippen LogP contribution in [0.25, 0.3) is 6.08 Å². The van der Waals surface area contributed by atoms with Crippen molar-refractivity contribution in [3.05, 3.63) is 88.6 Å². The van der Waals surface area contributed by atoms with Crippen LogP contribution in [0, 0.1) is 6.92 Å². The minimum Gasteiger partial charge on any atom is -0.507 e. The molecule has 2 aromatic carbocycles. The number of hydrogen-bond donors (Lipinski definition) is 2. The van der Waals surface area contributed by atoms with Crippen molar-refractivity contribution in [2.45, 2.75) is 20.0 Å². The van der Waals surface area contributed by atoms with Crippen LogP contribution in [-0.2, 0) is 13.1 Å². The van der Waals surface area contributed by atoms with Crippen molar-refractivity contribution in [1.29, 1.82) is 0 Å². The molecule has 0 aliphatic carbocycles. The molecule has 2 heterocycles. The first-order chi connectivity index (χ1) is 13.5. The average Bonchev–Trinajstić information content (AvgIpc) is 3.22. The second-order valence-corrected chi connectivity index (χ2v) is 7.12. The van der Waals surface area contributed by atoms with Crippen LogP contribution in [0.4, 0.5) is 0 Å². The van der Waals surface area contributed by atoms with Crippen molar-refractivity contribution in [3.8, 4) is 11.5 Å². The Morgan fingerprint density at radius 3 is 2.54 bits per heavy atom. The van der Waals surface area contributed by atoms with Gasteiger partial charge in [-0.25, -0.2) is 0 Å². The topological polar surface area (TPSA) is 64.1 Å². The third kappa shape index (κ3) is 3.57. The zero-order chi connectivity index (χ0) is 19.7. The number of phenolic OH excluding ortho intramolecular Hbond substituents is 1. The van der Waals surface area contributed by atoms with E-state index in [1.165, 1.54) is 10.5 Å². The monoisotopic (exact) mass is 376 g/mol. The maximum Gasteiger partial charge on any atom is 0.232 e. The van der Waals surface area contributed by atoms with Gasteiger partial charge in [0.25, 0.3) is 0 Å². The summed E-state index contributed by atoms with van der Waals surface area (Å²) in [5.41, 5.74) is 2.31. The third-order valence-electron chi connectivity index (χ3n) is 4.78. The van der Waals surface area contributed by atoms with Crippen LogP contribution in [0.15, 0.2) is 64.8 Å². The molecule has 0 saturated heterocycles. The van der Waals surface area contributed by atoms with E-state index in [1.54, 1.807) is 24.3 Å². The molecular formula is C23H22NO4+. The number of ether oxygens (including phenoxy) is 1. The summed E-state index contributed by atoms with van der Waals surface area (Å²) in [6.45, 7) is 3.17. The molecule has 1 aliphatic rings. The molecule has 4 rings (SSSR count). The van der Waals surface area contributed by atoms with Crippen LogP contribution in [-0.4, -0.2) is 17.9 Å². The van der Waals surface area contributed by atoms with Gasteiger partial charge in [-0.1, -0.05) is 30.3 Å². The molecule has 0 bridgehead atoms. The number of aryl methyl sites for hydroxylation is 1. The molecule has 0 fully saturated rings. The van der Waals surface area contributed by atoms with Crippen LogP contribution >= 0.6 is 0 Å². The molecule has 142 valence electrons. The molecule has 0 amide bonds. The summed E-state index contributed by atoms with van der Waals surface area (Å²) >= 11 is 0. The first-order valence-electron chi connectivity index (χ1n) is 9.22. The summed E-state index contributed by atoms with van der Waals surface area (Å²) in [6.07, 6.45) is 1.59. The number of phenols is 1. The highest BCUT2D eigenvalue weighted by Gasteiger charge is 2.32. The minimum absolute atomic E-state index is 0.133. The normalized spacial score (nSPS) is 15.5. The molecule has 1 aliphatic heterocycles. The third-order valence-corrected chi connectivity index (χ3v) is 4.78. The smallest absolute Gasteiger partial charge is 0.232 e. The predicted molar refractivity (Wildman–Crippen MR) is 105 cm³/mol. The first kappa shape index (κ1) is 18.1. The number of furan rings is 1. The van der Waals surface area contributed by atoms with E-state index < -0.39 is 0 Å². The van der Waals surface area contributed by atoms with E-state index in [0.29, 0.717) is 29.2 Å². The van der Waals surface area contributed by atoms with Gasteiger partial charge in [-0.05, 0) is 31.2 Å². The van der Waals surface area contributed by atoms with Crippen molar-refractivity contribution in [3.63, 3.8) is 0 Å². The second-order valence-electron chi connectivity index (χ2n) is 7.12. The van der Waals surface area contributed by atoms with Gasteiger partial charge in [0.05, 0.1) is 18.2 Å². The lowest BCUT2D eigenvalue weighted by Gasteiger charge is -2.16. The number of allylic oxidation sites excluding steroid dienone is 1. The van der Waals surface area contributed by atoms with Gasteiger partial charge in [-0.3, -0.25) is 4.79 Å². The summed E-state index contributed by atoms with van der Waals surface area (Å²) in [5, 5.41) is 10.4. The lowest BCUT2D eigenvalue weighted by Crippen LogP contribution is -3.06. The fourth-order valence-electron chi connectivity index (χ4n) is 3.44. The van der Waals surface area contributed by atoms with Crippen LogP contribution in [0.2, 0.25) is 0 Å². The van der Waals surface area contributed by atoms with Gasteiger partial charge in [-0.2, -0.15) is 0 Å². The Hall–Kier alpha value is -3.31. The largest absolute Gasteiger partial charge is 0.507 e. The fourth-order valence-corrected chi connectivity index (χ4v) is 3.44. The summed E-state index contributed by atoms with van der Waals surface area (Å²) in [7, 11) is 2.05. The van der Waals surface area contributed by atoms with Gasteiger partial charge < -0.3 is 19.2 Å². The molecule has 1 unspecified atom stereocenters. The number of hydrogen-bond acceptors (Lipinski definition) is 4. The highest BCUT2D eigenvalue weighted by molar-refractivity contribution is 6.14. The zero-order valence-corrected chi connectivity index (χ0v) is 15.9. The van der Waals surface area contributed by atoms with E-state index >= 15 is 0 Å². The van der Waals surface area contributed by atoms with Crippen molar-refractivity contribution in [1.82, 2.24) is 0 Å². The van der Waals surface area contributed by atoms with Gasteiger partial charge >= 0.3 is 0 Å². The van der Waals surface area contributed by atoms with Crippen LogP contribution in [0.3, 0.4) is 0 Å². The summed E-state index contributed by atoms with van der Waals surface area (Å²) in [4.78, 5) is 13.9. The Morgan fingerprint density at radius 1 is 1.04 bits per heavy atom. The summed E-state index contributed by atoms with van der Waals surface area (Å²) in [5.74, 6) is 1.90. The average molecular weight is 376 g/mol. The molecule has 28 heavy (non-hydrogen) atoms. The van der Waals surface area contributed by atoms with Crippen LogP contribution in [0.1, 0.15) is 33.0 Å². The van der Waals surface area contributed by atoms with E-state index in [-0.39, 0.29) is 17.3 Å². The van der Waals surface area contributed by atoms with Crippen molar-refractivity contribution >= 4 is 11.9 Å². The molecule has 0 saturated carbocycles. The van der Waals surface area contributed by atoms with E-state index in [2.05, 4.69) is 12.1 Å². The number of nitrogens with one attached hydrogen (secondary N) is 1. The molecule has 0 spiro atoms. The molecule has 5 nitrogen and oxygen atoms in total. The maximum atomic E-state index is 12.7. The van der Waals surface area contributed by atoms with E-state index in [9.17, 15) is 9.90 Å². The standard InChI is InChI=1S/C23H21NO4/c1-15-8-9-17(27-15)12-21-22(26)18-10-11-20(25)19(23(18)28-21)14-24(2)13-16-6-4-3-5-7-16/h3-12,25H,13-14H2,1-2H3/p+1/b21-12-. The number of carbonyl (C=O) groups excluding carboxylic acids is 1. The van der Waals surface area contributed by atoms with E-state index in [4.69, 9.17) is 9.15 Å². The van der Waals surface area contributed by atoms with Gasteiger partial charge in [0, 0.05) is 11.6 Å². The Morgan fingerprint density at radius 2 is 1.82 bits per heavy atom. The highest BCUT2D eigenvalue weighted by atomic mass is 16.5. The quantitative estimate of drug-likeness (QED) is 0.672. The second kappa shape index (κ2) is 7.37. The summed E-state index contributed by atoms with van der Waals surface area (Å²) < 4.78 is 11.4. The zero-order valence-electron chi connectivity index (χ0n) is 15.9. The first-order valence-corrected chi connectivity index (χ1v) is 9.22. The van der Waals surface area contributed by atoms with Gasteiger partial charge in [0.1, 0.15) is 30.4 Å². The molecule has 2 N–H and O–H groups in total. The number of carbonyl (C=O) groups is 1. The molecule has 5 heteroatoms. The van der Waals surface area contributed by atoms with E-state index in [0.717, 1.165) is 12.3 Å². The highest BCUT2D eigenvalue weighted by Crippen LogP contribution is 2.39. The molecule has 1 aromatic heterocycles. The number of benzene rings is 2. The summed E-state index contributed by atoms with van der Waals surface area (Å²) in [6, 6.07) is 16.9. The number of fused-ring (bicyclic) bond motifs is 1. The Balaban J connectivity index is 1.60. The van der Waals surface area contributed by atoms with Gasteiger partial charge in [0.15, 0.2) is 11.5 Å². The number of quaternary nitrogens is 1. The molecule has 1 atom stereocenters. The number of Topliss-reactive ketones (excluding diaryl/α,β-unsaturated/α-hetero) is 1. The Labute approximate surface area is 163 Å². The van der Waals surface area contributed by atoms with Crippen molar-refractivity contribution < 1.29 is 24.0 Å². The predicted octanol–water partition coefficient (Wildman–Crippen LogP) is 3.12. The minimum atomic E-state index is -0.203. The molecular weight excluding hydrogens is 354 g/mol. The maximum absolute atomic E-state index is 12.7.